The molecule has 0 atom stereocenters. The number of rotatable bonds is 4. The molecule has 162 valence electrons. The van der Waals surface area contributed by atoms with Gasteiger partial charge in [-0.15, -0.1) is 0 Å². The van der Waals surface area contributed by atoms with E-state index < -0.39 is 0 Å². The van der Waals surface area contributed by atoms with Crippen LogP contribution in [0, 0.1) is 11.8 Å². The van der Waals surface area contributed by atoms with Crippen LogP contribution in [0.5, 0.6) is 0 Å². The molecule has 2 amide bonds. The molecule has 3 heterocycles. The number of hydrogen-bond donors (Lipinski definition) is 3. The van der Waals surface area contributed by atoms with E-state index in [1.165, 1.54) is 24.9 Å². The standard InChI is InChI=1S/C24H25N7O/c25-23-27-14-19(15-28-23)9-8-18-12-21(17-26-13-18)30-24(32)29-16-20-6-2-3-7-22(20)31-10-4-1-5-11-31/h2-3,6-7,12-15,17H,1,4-5,10-11,16H2,(H2,25,27,28)(H2,29,30,32). The number of nitrogens with two attached hydrogens (primary N) is 1. The lowest BCUT2D eigenvalue weighted by atomic mass is 10.1. The fourth-order valence-corrected chi connectivity index (χ4v) is 3.58. The van der Waals surface area contributed by atoms with Crippen molar-refractivity contribution in [1.29, 1.82) is 0 Å². The Morgan fingerprint density at radius 3 is 2.56 bits per heavy atom. The molecule has 2 aromatic heterocycles. The summed E-state index contributed by atoms with van der Waals surface area (Å²) < 4.78 is 0. The molecule has 0 spiro atoms. The van der Waals surface area contributed by atoms with Gasteiger partial charge in [0.15, 0.2) is 0 Å². The number of amides is 2. The lowest BCUT2D eigenvalue weighted by Crippen LogP contribution is -2.32. The van der Waals surface area contributed by atoms with E-state index in [4.69, 9.17) is 5.73 Å². The number of piperidine rings is 1. The highest BCUT2D eigenvalue weighted by Crippen LogP contribution is 2.24. The first-order chi connectivity index (χ1) is 15.7. The minimum Gasteiger partial charge on any atom is -0.371 e. The zero-order valence-electron chi connectivity index (χ0n) is 17.7. The normalized spacial score (nSPS) is 13.1. The average Bonchev–Trinajstić information content (AvgIpc) is 2.83. The summed E-state index contributed by atoms with van der Waals surface area (Å²) in [6.07, 6.45) is 10.0. The van der Waals surface area contributed by atoms with Gasteiger partial charge in [-0.2, -0.15) is 0 Å². The molecule has 0 bridgehead atoms. The molecular formula is C24H25N7O. The summed E-state index contributed by atoms with van der Waals surface area (Å²) in [6, 6.07) is 9.70. The van der Waals surface area contributed by atoms with Crippen LogP contribution in [0.25, 0.3) is 0 Å². The molecule has 4 rings (SSSR count). The summed E-state index contributed by atoms with van der Waals surface area (Å²) in [4.78, 5) is 26.8. The van der Waals surface area contributed by atoms with Crippen molar-refractivity contribution in [3.05, 3.63) is 71.8 Å². The van der Waals surface area contributed by atoms with E-state index >= 15 is 0 Å². The van der Waals surface area contributed by atoms with Crippen molar-refractivity contribution in [2.75, 3.05) is 29.0 Å². The zero-order valence-corrected chi connectivity index (χ0v) is 17.7. The van der Waals surface area contributed by atoms with Gasteiger partial charge in [0.05, 0.1) is 17.4 Å². The van der Waals surface area contributed by atoms with Crippen LogP contribution in [-0.4, -0.2) is 34.1 Å². The minimum atomic E-state index is -0.294. The summed E-state index contributed by atoms with van der Waals surface area (Å²) in [5.74, 6) is 6.14. The highest BCUT2D eigenvalue weighted by atomic mass is 16.2. The summed E-state index contributed by atoms with van der Waals surface area (Å²) in [7, 11) is 0. The van der Waals surface area contributed by atoms with Crippen molar-refractivity contribution in [2.24, 2.45) is 0 Å². The van der Waals surface area contributed by atoms with Gasteiger partial charge in [0.25, 0.3) is 0 Å². The van der Waals surface area contributed by atoms with Crippen LogP contribution in [0.1, 0.15) is 36.0 Å². The van der Waals surface area contributed by atoms with Gasteiger partial charge >= 0.3 is 6.03 Å². The maximum absolute atomic E-state index is 12.5. The quantitative estimate of drug-likeness (QED) is 0.552. The van der Waals surface area contributed by atoms with E-state index in [0.29, 0.717) is 23.4 Å². The van der Waals surface area contributed by atoms with E-state index in [1.54, 1.807) is 30.9 Å². The Morgan fingerprint density at radius 2 is 1.75 bits per heavy atom. The predicted octanol–water partition coefficient (Wildman–Crippen LogP) is 3.17. The number of anilines is 3. The van der Waals surface area contributed by atoms with Gasteiger partial charge < -0.3 is 21.3 Å². The van der Waals surface area contributed by atoms with Gasteiger partial charge in [0.2, 0.25) is 5.95 Å². The number of nitrogens with one attached hydrogen (secondary N) is 2. The molecule has 0 saturated carbocycles. The van der Waals surface area contributed by atoms with Crippen molar-refractivity contribution in [2.45, 2.75) is 25.8 Å². The van der Waals surface area contributed by atoms with Gasteiger partial charge in [-0.3, -0.25) is 4.98 Å². The SMILES string of the molecule is Nc1ncc(C#Cc2cncc(NC(=O)NCc3ccccc3N3CCCCC3)c2)cn1. The zero-order chi connectivity index (χ0) is 22.2. The van der Waals surface area contributed by atoms with Gasteiger partial charge in [-0.1, -0.05) is 30.0 Å². The molecule has 4 N–H and O–H groups in total. The summed E-state index contributed by atoms with van der Waals surface area (Å²) >= 11 is 0. The van der Waals surface area contributed by atoms with Crippen LogP contribution in [0.15, 0.2) is 55.1 Å². The second kappa shape index (κ2) is 10.3. The summed E-state index contributed by atoms with van der Waals surface area (Å²) in [5, 5.41) is 5.76. The highest BCUT2D eigenvalue weighted by molar-refractivity contribution is 5.89. The van der Waals surface area contributed by atoms with Crippen molar-refractivity contribution in [3.8, 4) is 11.8 Å². The van der Waals surface area contributed by atoms with Crippen molar-refractivity contribution in [1.82, 2.24) is 20.3 Å². The maximum atomic E-state index is 12.5. The number of nitrogen functional groups attached to an aromatic ring is 1. The predicted molar refractivity (Wildman–Crippen MR) is 125 cm³/mol. The van der Waals surface area contributed by atoms with Gasteiger partial charge in [0.1, 0.15) is 0 Å². The molecule has 1 fully saturated rings. The van der Waals surface area contributed by atoms with E-state index in [-0.39, 0.29) is 12.0 Å². The summed E-state index contributed by atoms with van der Waals surface area (Å²) in [6.45, 7) is 2.57. The molecular weight excluding hydrogens is 402 g/mol. The second-order valence-electron chi connectivity index (χ2n) is 7.53. The fraction of sp³-hybridized carbons (Fsp3) is 0.250. The largest absolute Gasteiger partial charge is 0.371 e. The molecule has 0 radical (unpaired) electrons. The Bertz CT molecular complexity index is 1130. The summed E-state index contributed by atoms with van der Waals surface area (Å²) in [5.41, 5.74) is 9.64. The van der Waals surface area contributed by atoms with Crippen LogP contribution in [-0.2, 0) is 6.54 Å². The van der Waals surface area contributed by atoms with Crippen molar-refractivity contribution in [3.63, 3.8) is 0 Å². The van der Waals surface area contributed by atoms with Gasteiger partial charge in [-0.25, -0.2) is 14.8 Å². The fourth-order valence-electron chi connectivity index (χ4n) is 3.58. The maximum Gasteiger partial charge on any atom is 0.319 e. The lowest BCUT2D eigenvalue weighted by molar-refractivity contribution is 0.251. The Kier molecular flexibility index (Phi) is 6.78. The Morgan fingerprint density at radius 1 is 1.00 bits per heavy atom. The van der Waals surface area contributed by atoms with Crippen LogP contribution in [0.3, 0.4) is 0 Å². The van der Waals surface area contributed by atoms with Gasteiger partial charge in [0, 0.05) is 49.5 Å². The number of para-hydroxylation sites is 1. The second-order valence-corrected chi connectivity index (χ2v) is 7.53. The molecule has 1 aromatic carbocycles. The smallest absolute Gasteiger partial charge is 0.319 e. The first-order valence-electron chi connectivity index (χ1n) is 10.6. The molecule has 0 unspecified atom stereocenters. The third-order valence-electron chi connectivity index (χ3n) is 5.15. The molecule has 3 aromatic rings. The number of urea groups is 1. The topological polar surface area (TPSA) is 109 Å². The third kappa shape index (κ3) is 5.73. The average molecular weight is 428 g/mol. The number of hydrogen-bond acceptors (Lipinski definition) is 6. The van der Waals surface area contributed by atoms with Crippen LogP contribution in [0.4, 0.5) is 22.1 Å². The van der Waals surface area contributed by atoms with E-state index in [0.717, 1.165) is 18.7 Å². The molecule has 1 aliphatic heterocycles. The molecule has 1 saturated heterocycles. The number of pyridine rings is 1. The molecule has 0 aliphatic carbocycles. The first kappa shape index (κ1) is 21.1. The Labute approximate surface area is 187 Å². The number of carbonyl (C=O) groups is 1. The van der Waals surface area contributed by atoms with E-state index in [9.17, 15) is 4.79 Å². The van der Waals surface area contributed by atoms with Crippen LogP contribution >= 0.6 is 0 Å². The lowest BCUT2D eigenvalue weighted by Gasteiger charge is -2.30. The number of nitrogens with zero attached hydrogens (tertiary/aromatic N) is 4. The minimum absolute atomic E-state index is 0.202. The monoisotopic (exact) mass is 427 g/mol. The molecule has 8 nitrogen and oxygen atoms in total. The van der Waals surface area contributed by atoms with Crippen molar-refractivity contribution < 1.29 is 4.79 Å². The van der Waals surface area contributed by atoms with E-state index in [2.05, 4.69) is 54.5 Å². The number of carbonyl (C=O) groups excluding carboxylic acids is 1. The Balaban J connectivity index is 1.36. The number of benzene rings is 1. The molecule has 8 heteroatoms. The van der Waals surface area contributed by atoms with Crippen LogP contribution < -0.4 is 21.3 Å². The molecule has 1 aliphatic rings. The van der Waals surface area contributed by atoms with E-state index in [1.807, 2.05) is 12.1 Å². The van der Waals surface area contributed by atoms with Crippen molar-refractivity contribution >= 4 is 23.4 Å². The molecule has 32 heavy (non-hydrogen) atoms. The number of aromatic nitrogens is 3. The highest BCUT2D eigenvalue weighted by Gasteiger charge is 2.14. The first-order valence-corrected chi connectivity index (χ1v) is 10.6. The van der Waals surface area contributed by atoms with Gasteiger partial charge in [-0.05, 0) is 37.0 Å². The van der Waals surface area contributed by atoms with Crippen LogP contribution in [0.2, 0.25) is 0 Å². The Hall–Kier alpha value is -4.12. The third-order valence-corrected chi connectivity index (χ3v) is 5.15.